The largest absolute Gasteiger partial charge is 0.502 e. The van der Waals surface area contributed by atoms with Gasteiger partial charge in [-0.25, -0.2) is 0 Å². The Morgan fingerprint density at radius 2 is 1.87 bits per heavy atom. The molecular weight excluding hydrogens is 400 g/mol. The number of hydrogen-bond donors (Lipinski definition) is 3. The quantitative estimate of drug-likeness (QED) is 0.631. The maximum atomic E-state index is 13.1. The molecule has 2 aromatic rings. The van der Waals surface area contributed by atoms with Crippen molar-refractivity contribution in [3.8, 4) is 17.2 Å². The van der Waals surface area contributed by atoms with Gasteiger partial charge in [-0.3, -0.25) is 4.79 Å². The van der Waals surface area contributed by atoms with Gasteiger partial charge in [-0.05, 0) is 48.3 Å². The minimum Gasteiger partial charge on any atom is -0.502 e. The van der Waals surface area contributed by atoms with Crippen LogP contribution in [-0.4, -0.2) is 25.2 Å². The van der Waals surface area contributed by atoms with Crippen molar-refractivity contribution >= 4 is 22.2 Å². The Labute approximate surface area is 181 Å². The predicted molar refractivity (Wildman–Crippen MR) is 119 cm³/mol. The lowest BCUT2D eigenvalue weighted by Crippen LogP contribution is -2.38. The van der Waals surface area contributed by atoms with Crippen LogP contribution in [0.2, 0.25) is 0 Å². The number of ether oxygens (including phenoxy) is 2. The fourth-order valence-electron chi connectivity index (χ4n) is 4.50. The fourth-order valence-corrected chi connectivity index (χ4v) is 5.85. The van der Waals surface area contributed by atoms with Crippen molar-refractivity contribution in [2.45, 2.75) is 52.6 Å². The zero-order chi connectivity index (χ0) is 21.6. The van der Waals surface area contributed by atoms with Gasteiger partial charge in [-0.1, -0.05) is 27.2 Å². The van der Waals surface area contributed by atoms with E-state index in [4.69, 9.17) is 9.47 Å². The second-order valence-corrected chi connectivity index (χ2v) is 9.92. The summed E-state index contributed by atoms with van der Waals surface area (Å²) in [6.07, 6.45) is 3.85. The average Bonchev–Trinajstić information content (AvgIpc) is 3.12. The summed E-state index contributed by atoms with van der Waals surface area (Å²) in [6.45, 7) is 6.96. The van der Waals surface area contributed by atoms with Gasteiger partial charge in [-0.2, -0.15) is 0 Å². The van der Waals surface area contributed by atoms with Crippen molar-refractivity contribution < 1.29 is 19.4 Å². The first-order chi connectivity index (χ1) is 14.3. The van der Waals surface area contributed by atoms with Crippen LogP contribution < -0.4 is 20.1 Å². The molecule has 0 saturated heterocycles. The van der Waals surface area contributed by atoms with Crippen LogP contribution in [0.3, 0.4) is 0 Å². The number of hydrogen-bond acceptors (Lipinski definition) is 6. The highest BCUT2D eigenvalue weighted by molar-refractivity contribution is 7.16. The van der Waals surface area contributed by atoms with Crippen LogP contribution in [0.15, 0.2) is 12.1 Å². The zero-order valence-electron chi connectivity index (χ0n) is 18.2. The van der Waals surface area contributed by atoms with E-state index < -0.39 is 6.17 Å². The van der Waals surface area contributed by atoms with Crippen molar-refractivity contribution in [3.63, 3.8) is 0 Å². The van der Waals surface area contributed by atoms with Gasteiger partial charge in [0.25, 0.3) is 5.91 Å². The third kappa shape index (κ3) is 3.39. The zero-order valence-corrected chi connectivity index (χ0v) is 19.0. The predicted octanol–water partition coefficient (Wildman–Crippen LogP) is 4.87. The number of thiophene rings is 1. The van der Waals surface area contributed by atoms with E-state index >= 15 is 0 Å². The second kappa shape index (κ2) is 7.69. The minimum absolute atomic E-state index is 0.0505. The Balaban J connectivity index is 1.65. The van der Waals surface area contributed by atoms with E-state index in [1.54, 1.807) is 23.5 Å². The summed E-state index contributed by atoms with van der Waals surface area (Å²) in [4.78, 5) is 14.4. The summed E-state index contributed by atoms with van der Waals surface area (Å²) in [5, 5.41) is 17.7. The maximum Gasteiger partial charge on any atom is 0.256 e. The SMILES string of the molecule is CCC(C)(C)C1CCc2c(sc3c2C(=O)NC(c2cc(OC)c(O)c(OC)c2)N3)C1. The summed E-state index contributed by atoms with van der Waals surface area (Å²) in [5.41, 5.74) is 3.08. The van der Waals surface area contributed by atoms with E-state index in [0.717, 1.165) is 41.8 Å². The summed E-state index contributed by atoms with van der Waals surface area (Å²) in [5.74, 6) is 1.15. The number of methoxy groups -OCH3 is 2. The Bertz CT molecular complexity index is 957. The molecule has 0 radical (unpaired) electrons. The van der Waals surface area contributed by atoms with Gasteiger partial charge < -0.3 is 25.2 Å². The summed E-state index contributed by atoms with van der Waals surface area (Å²) < 4.78 is 10.5. The van der Waals surface area contributed by atoms with Crippen LogP contribution in [-0.2, 0) is 12.8 Å². The molecule has 2 unspecified atom stereocenters. The molecule has 2 atom stereocenters. The van der Waals surface area contributed by atoms with Crippen molar-refractivity contribution in [2.75, 3.05) is 19.5 Å². The van der Waals surface area contributed by atoms with Crippen LogP contribution in [0.1, 0.15) is 66.1 Å². The van der Waals surface area contributed by atoms with Gasteiger partial charge in [0.15, 0.2) is 11.5 Å². The molecule has 4 rings (SSSR count). The molecule has 0 fully saturated rings. The monoisotopic (exact) mass is 430 g/mol. The van der Waals surface area contributed by atoms with Crippen LogP contribution >= 0.6 is 11.3 Å². The van der Waals surface area contributed by atoms with E-state index in [2.05, 4.69) is 31.4 Å². The van der Waals surface area contributed by atoms with Crippen LogP contribution in [0.5, 0.6) is 17.2 Å². The molecule has 3 N–H and O–H groups in total. The lowest BCUT2D eigenvalue weighted by molar-refractivity contribution is 0.0934. The first-order valence-corrected chi connectivity index (χ1v) is 11.3. The van der Waals surface area contributed by atoms with E-state index in [9.17, 15) is 9.90 Å². The van der Waals surface area contributed by atoms with Gasteiger partial charge in [0, 0.05) is 10.4 Å². The van der Waals surface area contributed by atoms with Gasteiger partial charge in [0.05, 0.1) is 19.8 Å². The van der Waals surface area contributed by atoms with Crippen molar-refractivity contribution in [1.29, 1.82) is 0 Å². The molecule has 0 saturated carbocycles. The maximum absolute atomic E-state index is 13.1. The first-order valence-electron chi connectivity index (χ1n) is 10.5. The smallest absolute Gasteiger partial charge is 0.256 e. The molecule has 1 amide bonds. The van der Waals surface area contributed by atoms with E-state index in [1.807, 2.05) is 0 Å². The number of phenolic OH excluding ortho intramolecular Hbond substituents is 1. The highest BCUT2D eigenvalue weighted by atomic mass is 32.1. The number of phenols is 1. The van der Waals surface area contributed by atoms with Crippen molar-refractivity contribution in [3.05, 3.63) is 33.7 Å². The molecule has 1 aliphatic carbocycles. The molecule has 1 aliphatic heterocycles. The summed E-state index contributed by atoms with van der Waals surface area (Å²) in [7, 11) is 2.98. The lowest BCUT2D eigenvalue weighted by atomic mass is 9.69. The molecule has 1 aromatic heterocycles. The normalized spacial score (nSPS) is 20.6. The van der Waals surface area contributed by atoms with Gasteiger partial charge in [-0.15, -0.1) is 11.3 Å². The number of amides is 1. The Morgan fingerprint density at radius 1 is 1.20 bits per heavy atom. The van der Waals surface area contributed by atoms with Gasteiger partial charge >= 0.3 is 0 Å². The summed E-state index contributed by atoms with van der Waals surface area (Å²) >= 11 is 1.71. The topological polar surface area (TPSA) is 79.8 Å². The number of fused-ring (bicyclic) bond motifs is 3. The first kappa shape index (κ1) is 20.8. The molecule has 0 bridgehead atoms. The third-order valence-corrected chi connectivity index (χ3v) is 8.08. The van der Waals surface area contributed by atoms with E-state index in [-0.39, 0.29) is 11.7 Å². The third-order valence-electron chi connectivity index (χ3n) is 6.90. The molecule has 162 valence electrons. The summed E-state index contributed by atoms with van der Waals surface area (Å²) in [6, 6.07) is 3.43. The highest BCUT2D eigenvalue weighted by Crippen LogP contribution is 2.47. The molecule has 7 heteroatoms. The average molecular weight is 431 g/mol. The number of carbonyl (C=O) groups excluding carboxylic acids is 1. The second-order valence-electron chi connectivity index (χ2n) is 8.81. The van der Waals surface area contributed by atoms with Gasteiger partial charge in [0.2, 0.25) is 5.75 Å². The molecular formula is C23H30N2O4S. The molecule has 2 heterocycles. The highest BCUT2D eigenvalue weighted by Gasteiger charge is 2.37. The number of benzene rings is 1. The number of nitrogens with one attached hydrogen (secondary N) is 2. The van der Waals surface area contributed by atoms with Crippen LogP contribution in [0.4, 0.5) is 5.00 Å². The number of aromatic hydroxyl groups is 1. The molecule has 0 spiro atoms. The minimum atomic E-state index is -0.420. The van der Waals surface area contributed by atoms with E-state index in [1.165, 1.54) is 24.7 Å². The Kier molecular flexibility index (Phi) is 5.34. The standard InChI is InChI=1S/C23H30N2O4S/c1-6-23(2,3)13-7-8-14-17(11-13)30-22-18(14)21(27)24-20(25-22)12-9-15(28-4)19(26)16(10-12)29-5/h9-10,13,20,25-26H,6-8,11H2,1-5H3,(H,24,27). The van der Waals surface area contributed by atoms with Gasteiger partial charge in [0.1, 0.15) is 11.2 Å². The molecule has 30 heavy (non-hydrogen) atoms. The Hall–Kier alpha value is -2.41. The fraction of sp³-hybridized carbons (Fsp3) is 0.522. The number of rotatable bonds is 5. The molecule has 2 aliphatic rings. The van der Waals surface area contributed by atoms with Crippen molar-refractivity contribution in [2.24, 2.45) is 11.3 Å². The molecule has 1 aromatic carbocycles. The lowest BCUT2D eigenvalue weighted by Gasteiger charge is -2.36. The molecule has 6 nitrogen and oxygen atoms in total. The number of anilines is 1. The number of carbonyl (C=O) groups is 1. The Morgan fingerprint density at radius 3 is 2.47 bits per heavy atom. The van der Waals surface area contributed by atoms with E-state index in [0.29, 0.717) is 22.8 Å². The van der Waals surface area contributed by atoms with Crippen molar-refractivity contribution in [1.82, 2.24) is 5.32 Å². The van der Waals surface area contributed by atoms with Crippen LogP contribution in [0, 0.1) is 11.3 Å². The van der Waals surface area contributed by atoms with Crippen LogP contribution in [0.25, 0.3) is 0 Å².